The molecule has 0 spiro atoms. The predicted octanol–water partition coefficient (Wildman–Crippen LogP) is 3.97. The Morgan fingerprint density at radius 2 is 1.10 bits per heavy atom. The first-order valence-corrected chi connectivity index (χ1v) is 8.67. The third-order valence-electron chi connectivity index (χ3n) is 5.44. The molecule has 0 aromatic heterocycles. The molecule has 0 aliphatic heterocycles. The van der Waals surface area contributed by atoms with Crippen molar-refractivity contribution >= 4 is 46.4 Å². The molecule has 3 aliphatic rings. The van der Waals surface area contributed by atoms with Gasteiger partial charge in [-0.15, -0.1) is 23.2 Å². The molecule has 3 aliphatic carbocycles. The average Bonchev–Trinajstić information content (AvgIpc) is 2.41. The zero-order valence-electron chi connectivity index (χ0n) is 11.0. The molecule has 0 radical (unpaired) electrons. The zero-order chi connectivity index (χ0) is 14.7. The van der Waals surface area contributed by atoms with Gasteiger partial charge >= 0.3 is 0 Å². The number of hydrogen-bond acceptors (Lipinski definition) is 2. The minimum Gasteiger partial charge on any atom is -0.386 e. The van der Waals surface area contributed by atoms with Gasteiger partial charge in [-0.05, 0) is 24.7 Å². The zero-order valence-corrected chi connectivity index (χ0v) is 14.0. The van der Waals surface area contributed by atoms with Crippen LogP contribution in [0.5, 0.6) is 0 Å². The fourth-order valence-corrected chi connectivity index (χ4v) is 6.31. The molecular formula is C14H18Cl4O2. The molecule has 0 amide bonds. The molecule has 0 heterocycles. The number of hydrogen-bond donors (Lipinski definition) is 2. The van der Waals surface area contributed by atoms with E-state index >= 15 is 0 Å². The summed E-state index contributed by atoms with van der Waals surface area (Å²) in [6.45, 7) is 0. The highest BCUT2D eigenvalue weighted by atomic mass is 35.5. The van der Waals surface area contributed by atoms with Gasteiger partial charge in [0, 0.05) is 0 Å². The van der Waals surface area contributed by atoms with Gasteiger partial charge in [0.05, 0.1) is 10.1 Å². The Hall–Kier alpha value is 0.820. The van der Waals surface area contributed by atoms with Crippen LogP contribution in [0.15, 0.2) is 10.1 Å². The van der Waals surface area contributed by atoms with E-state index in [2.05, 4.69) is 0 Å². The minimum atomic E-state index is -1.12. The average molecular weight is 360 g/mol. The maximum absolute atomic E-state index is 10.5. The quantitative estimate of drug-likeness (QED) is 0.642. The van der Waals surface area contributed by atoms with E-state index < -0.39 is 22.0 Å². The predicted molar refractivity (Wildman–Crippen MR) is 82.6 cm³/mol. The molecule has 2 saturated carbocycles. The van der Waals surface area contributed by atoms with E-state index in [0.717, 1.165) is 25.7 Å². The summed E-state index contributed by atoms with van der Waals surface area (Å²) in [5.74, 6) is 0.148. The fourth-order valence-electron chi connectivity index (χ4n) is 4.42. The van der Waals surface area contributed by atoms with Crippen LogP contribution in [-0.4, -0.2) is 32.2 Å². The van der Waals surface area contributed by atoms with Gasteiger partial charge in [0.1, 0.15) is 22.0 Å². The number of aliphatic hydroxyl groups is 2. The summed E-state index contributed by atoms with van der Waals surface area (Å²) in [6.07, 6.45) is 4.09. The van der Waals surface area contributed by atoms with Crippen LogP contribution >= 0.6 is 46.4 Å². The Labute approximate surface area is 139 Å². The van der Waals surface area contributed by atoms with Crippen molar-refractivity contribution in [2.24, 2.45) is 11.8 Å². The highest BCUT2D eigenvalue weighted by molar-refractivity contribution is 6.45. The van der Waals surface area contributed by atoms with Crippen LogP contribution in [-0.2, 0) is 0 Å². The lowest BCUT2D eigenvalue weighted by molar-refractivity contribution is -0.101. The van der Waals surface area contributed by atoms with Gasteiger partial charge in [-0.25, -0.2) is 0 Å². The van der Waals surface area contributed by atoms with Gasteiger partial charge in [-0.3, -0.25) is 0 Å². The fraction of sp³-hybridized carbons (Fsp3) is 0.857. The molecular weight excluding hydrogens is 342 g/mol. The van der Waals surface area contributed by atoms with E-state index in [1.807, 2.05) is 0 Å². The first-order valence-electron chi connectivity index (χ1n) is 7.15. The second kappa shape index (κ2) is 5.18. The van der Waals surface area contributed by atoms with E-state index in [9.17, 15) is 10.2 Å². The van der Waals surface area contributed by atoms with Gasteiger partial charge in [-0.2, -0.15) is 0 Å². The highest BCUT2D eigenvalue weighted by Crippen LogP contribution is 2.70. The van der Waals surface area contributed by atoms with Crippen LogP contribution in [0.4, 0.5) is 0 Å². The molecule has 3 rings (SSSR count). The molecule has 6 atom stereocenters. The van der Waals surface area contributed by atoms with Gasteiger partial charge in [0.15, 0.2) is 0 Å². The van der Waals surface area contributed by atoms with Crippen LogP contribution < -0.4 is 0 Å². The second-order valence-electron chi connectivity index (χ2n) is 6.24. The lowest BCUT2D eigenvalue weighted by Crippen LogP contribution is -2.80. The van der Waals surface area contributed by atoms with Crippen LogP contribution in [0, 0.1) is 11.8 Å². The number of fused-ring (bicyclic) bond motifs is 4. The smallest absolute Gasteiger partial charge is 0.112 e. The maximum atomic E-state index is 10.5. The molecule has 2 nitrogen and oxygen atoms in total. The molecule has 0 aromatic rings. The largest absolute Gasteiger partial charge is 0.386 e. The van der Waals surface area contributed by atoms with E-state index in [1.54, 1.807) is 0 Å². The Balaban J connectivity index is 2.05. The van der Waals surface area contributed by atoms with E-state index in [4.69, 9.17) is 46.4 Å². The Morgan fingerprint density at radius 1 is 0.750 bits per heavy atom. The summed E-state index contributed by atoms with van der Waals surface area (Å²) < 4.78 is 0. The standard InChI is InChI=1S/C14H18Cl4O2/c15-9-10(16)12(20)14(18)8-6-4-2-1-3-5-7(8)13(14,17)11(9)19/h7-8,11-12,19-20H,1-6H2/t7-,8+,11?,12?,13-,14+. The molecule has 20 heavy (non-hydrogen) atoms. The van der Waals surface area contributed by atoms with E-state index in [-0.39, 0.29) is 21.9 Å². The Bertz CT molecular complexity index is 414. The van der Waals surface area contributed by atoms with Crippen molar-refractivity contribution < 1.29 is 10.2 Å². The molecule has 2 fully saturated rings. The van der Waals surface area contributed by atoms with Crippen LogP contribution in [0.25, 0.3) is 0 Å². The van der Waals surface area contributed by atoms with Crippen LogP contribution in [0.1, 0.15) is 38.5 Å². The third kappa shape index (κ3) is 1.73. The van der Waals surface area contributed by atoms with Crippen LogP contribution in [0.3, 0.4) is 0 Å². The molecule has 0 bridgehead atoms. The van der Waals surface area contributed by atoms with Gasteiger partial charge < -0.3 is 10.2 Å². The van der Waals surface area contributed by atoms with E-state index in [1.165, 1.54) is 12.8 Å². The number of rotatable bonds is 0. The topological polar surface area (TPSA) is 40.5 Å². The molecule has 6 heteroatoms. The Morgan fingerprint density at radius 3 is 1.45 bits per heavy atom. The van der Waals surface area contributed by atoms with E-state index in [0.29, 0.717) is 0 Å². The lowest BCUT2D eigenvalue weighted by Gasteiger charge is -2.68. The van der Waals surface area contributed by atoms with Crippen LogP contribution in [0.2, 0.25) is 0 Å². The van der Waals surface area contributed by atoms with Crippen molar-refractivity contribution in [3.05, 3.63) is 10.1 Å². The van der Waals surface area contributed by atoms with Crippen molar-refractivity contribution in [1.29, 1.82) is 0 Å². The first-order chi connectivity index (χ1) is 9.36. The molecule has 2 N–H and O–H groups in total. The molecule has 0 saturated heterocycles. The number of aliphatic hydroxyl groups excluding tert-OH is 2. The third-order valence-corrected chi connectivity index (χ3v) is 8.05. The monoisotopic (exact) mass is 358 g/mol. The summed E-state index contributed by atoms with van der Waals surface area (Å²) in [5, 5.41) is 21.0. The van der Waals surface area contributed by atoms with Crippen molar-refractivity contribution in [2.75, 3.05) is 0 Å². The highest BCUT2D eigenvalue weighted by Gasteiger charge is 2.77. The Kier molecular flexibility index (Phi) is 4.07. The van der Waals surface area contributed by atoms with Gasteiger partial charge in [-0.1, -0.05) is 48.9 Å². The SMILES string of the molecule is OC1C(Cl)=C(Cl)C(O)[C@]2(Cl)[C@@H]3CCCCCC[C@@H]3[C@]12Cl. The molecule has 2 unspecified atom stereocenters. The second-order valence-corrected chi connectivity index (χ2v) is 8.31. The number of halogens is 4. The summed E-state index contributed by atoms with van der Waals surface area (Å²) in [5.41, 5.74) is 0. The molecule has 114 valence electrons. The van der Waals surface area contributed by atoms with Gasteiger partial charge in [0.2, 0.25) is 0 Å². The van der Waals surface area contributed by atoms with Crippen molar-refractivity contribution in [1.82, 2.24) is 0 Å². The van der Waals surface area contributed by atoms with Gasteiger partial charge in [0.25, 0.3) is 0 Å². The van der Waals surface area contributed by atoms with Crippen molar-refractivity contribution in [3.63, 3.8) is 0 Å². The summed E-state index contributed by atoms with van der Waals surface area (Å²) >= 11 is 25.6. The van der Waals surface area contributed by atoms with Crippen molar-refractivity contribution in [3.8, 4) is 0 Å². The summed E-state index contributed by atoms with van der Waals surface area (Å²) in [4.78, 5) is -2.24. The minimum absolute atomic E-state index is 0.0333. The summed E-state index contributed by atoms with van der Waals surface area (Å²) in [6, 6.07) is 0. The normalized spacial score (nSPS) is 52.5. The van der Waals surface area contributed by atoms with Crippen molar-refractivity contribution in [2.45, 2.75) is 60.5 Å². The summed E-state index contributed by atoms with van der Waals surface area (Å²) in [7, 11) is 0. The molecule has 0 aromatic carbocycles. The lowest BCUT2D eigenvalue weighted by atomic mass is 9.47. The number of alkyl halides is 2. The first kappa shape index (κ1) is 15.7. The maximum Gasteiger partial charge on any atom is 0.112 e.